The SMILES string of the molecule is CCCc1cc(=O)[nH]c(C2(N)CCCC2)n1. The Morgan fingerprint density at radius 3 is 2.81 bits per heavy atom. The molecule has 0 aromatic carbocycles. The van der Waals surface area contributed by atoms with Crippen molar-refractivity contribution in [2.45, 2.75) is 51.0 Å². The summed E-state index contributed by atoms with van der Waals surface area (Å²) in [5.41, 5.74) is 6.66. The van der Waals surface area contributed by atoms with Crippen LogP contribution in [0.25, 0.3) is 0 Å². The van der Waals surface area contributed by atoms with Crippen molar-refractivity contribution in [2.75, 3.05) is 0 Å². The van der Waals surface area contributed by atoms with Crippen molar-refractivity contribution in [3.8, 4) is 0 Å². The molecule has 1 aromatic heterocycles. The fourth-order valence-corrected chi connectivity index (χ4v) is 2.37. The molecule has 1 aliphatic carbocycles. The summed E-state index contributed by atoms with van der Waals surface area (Å²) in [5.74, 6) is 0.681. The van der Waals surface area contributed by atoms with Gasteiger partial charge in [-0.3, -0.25) is 4.79 Å². The summed E-state index contributed by atoms with van der Waals surface area (Å²) < 4.78 is 0. The number of nitrogens with two attached hydrogens (primary N) is 1. The minimum Gasteiger partial charge on any atom is -0.319 e. The van der Waals surface area contributed by atoms with Crippen molar-refractivity contribution in [1.29, 1.82) is 0 Å². The maximum Gasteiger partial charge on any atom is 0.251 e. The van der Waals surface area contributed by atoms with Gasteiger partial charge in [0.05, 0.1) is 5.54 Å². The number of hydrogen-bond donors (Lipinski definition) is 2. The number of hydrogen-bond acceptors (Lipinski definition) is 3. The Balaban J connectivity index is 2.36. The zero-order valence-corrected chi connectivity index (χ0v) is 9.75. The van der Waals surface area contributed by atoms with E-state index in [0.717, 1.165) is 44.2 Å². The van der Waals surface area contributed by atoms with Crippen molar-refractivity contribution in [1.82, 2.24) is 9.97 Å². The molecule has 2 rings (SSSR count). The molecule has 0 aliphatic heterocycles. The van der Waals surface area contributed by atoms with Crippen LogP contribution in [0.1, 0.15) is 50.5 Å². The van der Waals surface area contributed by atoms with Crippen molar-refractivity contribution < 1.29 is 0 Å². The molecule has 3 N–H and O–H groups in total. The zero-order chi connectivity index (χ0) is 11.6. The number of nitrogens with zero attached hydrogens (tertiary/aromatic N) is 1. The quantitative estimate of drug-likeness (QED) is 0.811. The average molecular weight is 221 g/mol. The highest BCUT2D eigenvalue weighted by atomic mass is 16.1. The van der Waals surface area contributed by atoms with Gasteiger partial charge in [-0.15, -0.1) is 0 Å². The molecule has 1 heterocycles. The third kappa shape index (κ3) is 2.16. The van der Waals surface area contributed by atoms with Crippen LogP contribution in [-0.2, 0) is 12.0 Å². The largest absolute Gasteiger partial charge is 0.319 e. The summed E-state index contributed by atoms with van der Waals surface area (Å²) >= 11 is 0. The van der Waals surface area contributed by atoms with Gasteiger partial charge < -0.3 is 10.7 Å². The van der Waals surface area contributed by atoms with E-state index in [1.807, 2.05) is 0 Å². The molecule has 1 saturated carbocycles. The second-order valence-electron chi connectivity index (χ2n) is 4.70. The summed E-state index contributed by atoms with van der Waals surface area (Å²) in [7, 11) is 0. The van der Waals surface area contributed by atoms with Crippen LogP contribution in [0.2, 0.25) is 0 Å². The molecule has 1 aromatic rings. The number of aryl methyl sites for hydroxylation is 1. The molecule has 0 amide bonds. The maximum absolute atomic E-state index is 11.5. The second kappa shape index (κ2) is 4.37. The highest BCUT2D eigenvalue weighted by Gasteiger charge is 2.33. The fraction of sp³-hybridized carbons (Fsp3) is 0.667. The lowest BCUT2D eigenvalue weighted by molar-refractivity contribution is 0.427. The number of nitrogens with one attached hydrogen (secondary N) is 1. The standard InChI is InChI=1S/C12H19N3O/c1-2-5-9-8-10(16)15-11(14-9)12(13)6-3-4-7-12/h8H,2-7,13H2,1H3,(H,14,15,16). The van der Waals surface area contributed by atoms with E-state index < -0.39 is 5.54 Å². The van der Waals surface area contributed by atoms with Crippen LogP contribution in [-0.4, -0.2) is 9.97 Å². The Bertz CT molecular complexity index is 419. The predicted molar refractivity (Wildman–Crippen MR) is 63.2 cm³/mol. The van der Waals surface area contributed by atoms with Gasteiger partial charge in [-0.1, -0.05) is 26.2 Å². The van der Waals surface area contributed by atoms with Crippen molar-refractivity contribution >= 4 is 0 Å². The van der Waals surface area contributed by atoms with Crippen LogP contribution in [0, 0.1) is 0 Å². The lowest BCUT2D eigenvalue weighted by atomic mass is 9.98. The van der Waals surface area contributed by atoms with E-state index in [-0.39, 0.29) is 5.56 Å². The van der Waals surface area contributed by atoms with Gasteiger partial charge in [0.25, 0.3) is 5.56 Å². The minimum atomic E-state index is -0.400. The summed E-state index contributed by atoms with van der Waals surface area (Å²) in [6, 6.07) is 1.57. The molecule has 0 spiro atoms. The van der Waals surface area contributed by atoms with Crippen LogP contribution in [0.15, 0.2) is 10.9 Å². The molecule has 0 saturated heterocycles. The van der Waals surface area contributed by atoms with E-state index in [0.29, 0.717) is 5.82 Å². The van der Waals surface area contributed by atoms with Crippen LogP contribution in [0.4, 0.5) is 0 Å². The summed E-state index contributed by atoms with van der Waals surface area (Å²) in [6.07, 6.45) is 5.92. The Kier molecular flexibility index (Phi) is 3.10. The number of aromatic amines is 1. The van der Waals surface area contributed by atoms with E-state index in [1.165, 1.54) is 0 Å². The van der Waals surface area contributed by atoms with Crippen LogP contribution in [0.5, 0.6) is 0 Å². The van der Waals surface area contributed by atoms with E-state index in [2.05, 4.69) is 16.9 Å². The van der Waals surface area contributed by atoms with Gasteiger partial charge in [0.2, 0.25) is 0 Å². The molecular formula is C12H19N3O. The first-order chi connectivity index (χ1) is 7.64. The fourth-order valence-electron chi connectivity index (χ4n) is 2.37. The van der Waals surface area contributed by atoms with E-state index in [9.17, 15) is 4.79 Å². The smallest absolute Gasteiger partial charge is 0.251 e. The van der Waals surface area contributed by atoms with E-state index >= 15 is 0 Å². The summed E-state index contributed by atoms with van der Waals surface area (Å²) in [4.78, 5) is 18.8. The average Bonchev–Trinajstić information content (AvgIpc) is 2.66. The monoisotopic (exact) mass is 221 g/mol. The van der Waals surface area contributed by atoms with Gasteiger partial charge in [-0.05, 0) is 19.3 Å². The predicted octanol–water partition coefficient (Wildman–Crippen LogP) is 1.45. The normalized spacial score (nSPS) is 18.9. The Hall–Kier alpha value is -1.16. The van der Waals surface area contributed by atoms with Gasteiger partial charge in [0, 0.05) is 11.8 Å². The highest BCUT2D eigenvalue weighted by Crippen LogP contribution is 2.33. The van der Waals surface area contributed by atoms with Crippen molar-refractivity contribution in [3.05, 3.63) is 27.9 Å². The van der Waals surface area contributed by atoms with Crippen molar-refractivity contribution in [2.24, 2.45) is 5.73 Å². The van der Waals surface area contributed by atoms with Gasteiger partial charge >= 0.3 is 0 Å². The summed E-state index contributed by atoms with van der Waals surface area (Å²) in [6.45, 7) is 2.08. The molecule has 1 aliphatic rings. The Morgan fingerprint density at radius 2 is 2.19 bits per heavy atom. The number of aromatic nitrogens is 2. The molecule has 4 nitrogen and oxygen atoms in total. The number of rotatable bonds is 3. The Labute approximate surface area is 95.3 Å². The lowest BCUT2D eigenvalue weighted by Crippen LogP contribution is -2.37. The van der Waals surface area contributed by atoms with E-state index in [1.54, 1.807) is 6.07 Å². The first-order valence-corrected chi connectivity index (χ1v) is 6.04. The molecule has 0 bridgehead atoms. The molecule has 0 radical (unpaired) electrons. The van der Waals surface area contributed by atoms with Crippen LogP contribution < -0.4 is 11.3 Å². The second-order valence-corrected chi connectivity index (χ2v) is 4.70. The summed E-state index contributed by atoms with van der Waals surface area (Å²) in [5, 5.41) is 0. The molecule has 16 heavy (non-hydrogen) atoms. The molecule has 1 fully saturated rings. The third-order valence-electron chi connectivity index (χ3n) is 3.27. The molecule has 4 heteroatoms. The van der Waals surface area contributed by atoms with Gasteiger partial charge in [-0.25, -0.2) is 4.98 Å². The molecule has 0 unspecified atom stereocenters. The Morgan fingerprint density at radius 1 is 1.50 bits per heavy atom. The van der Waals surface area contributed by atoms with Crippen LogP contribution in [0.3, 0.4) is 0 Å². The van der Waals surface area contributed by atoms with Gasteiger partial charge in [0.15, 0.2) is 0 Å². The van der Waals surface area contributed by atoms with Gasteiger partial charge in [0.1, 0.15) is 5.82 Å². The van der Waals surface area contributed by atoms with Crippen LogP contribution >= 0.6 is 0 Å². The first kappa shape index (κ1) is 11.3. The van der Waals surface area contributed by atoms with Gasteiger partial charge in [-0.2, -0.15) is 0 Å². The molecular weight excluding hydrogens is 202 g/mol. The minimum absolute atomic E-state index is 0.0785. The van der Waals surface area contributed by atoms with Crippen molar-refractivity contribution in [3.63, 3.8) is 0 Å². The number of H-pyrrole nitrogens is 1. The third-order valence-corrected chi connectivity index (χ3v) is 3.27. The molecule has 0 atom stereocenters. The topological polar surface area (TPSA) is 71.8 Å². The zero-order valence-electron chi connectivity index (χ0n) is 9.75. The lowest BCUT2D eigenvalue weighted by Gasteiger charge is -2.22. The highest BCUT2D eigenvalue weighted by molar-refractivity contribution is 5.12. The van der Waals surface area contributed by atoms with E-state index in [4.69, 9.17) is 5.73 Å². The molecule has 88 valence electrons. The maximum atomic E-state index is 11.5. The first-order valence-electron chi connectivity index (χ1n) is 6.04.